The second-order valence-corrected chi connectivity index (χ2v) is 5.44. The number of ether oxygens (including phenoxy) is 2. The van der Waals surface area contributed by atoms with Crippen molar-refractivity contribution in [2.45, 2.75) is 5.56 Å². The van der Waals surface area contributed by atoms with Gasteiger partial charge in [-0.05, 0) is 30.3 Å². The minimum absolute atomic E-state index is 0.0816. The maximum atomic E-state index is 13.0. The summed E-state index contributed by atoms with van der Waals surface area (Å²) in [5.74, 6) is -0.158. The SMILES string of the molecule is O=C(Cl)OC(Cl)c1ccccc1F.O=C(Cl)Oc1ccc(Cl)cc1. The number of carbonyl (C=O) groups is 2. The first-order valence-electron chi connectivity index (χ1n) is 6.17. The summed E-state index contributed by atoms with van der Waals surface area (Å²) in [6.07, 6.45) is 0. The molecule has 1 atom stereocenters. The highest BCUT2D eigenvalue weighted by molar-refractivity contribution is 6.61. The van der Waals surface area contributed by atoms with Gasteiger partial charge < -0.3 is 9.47 Å². The summed E-state index contributed by atoms with van der Waals surface area (Å²) < 4.78 is 21.9. The summed E-state index contributed by atoms with van der Waals surface area (Å²) in [5.41, 5.74) is -3.03. The lowest BCUT2D eigenvalue weighted by molar-refractivity contribution is 0.158. The molecule has 1 unspecified atom stereocenters. The van der Waals surface area contributed by atoms with Crippen molar-refractivity contribution in [1.29, 1.82) is 0 Å². The lowest BCUT2D eigenvalue weighted by Gasteiger charge is -2.08. The Labute approximate surface area is 157 Å². The number of benzene rings is 2. The first kappa shape index (κ1) is 20.5. The molecule has 0 amide bonds. The zero-order valence-electron chi connectivity index (χ0n) is 11.7. The Morgan fingerprint density at radius 1 is 0.958 bits per heavy atom. The fourth-order valence-corrected chi connectivity index (χ4v) is 2.01. The van der Waals surface area contributed by atoms with E-state index in [0.29, 0.717) is 10.8 Å². The quantitative estimate of drug-likeness (QED) is 0.424. The van der Waals surface area contributed by atoms with Gasteiger partial charge in [0.1, 0.15) is 11.6 Å². The van der Waals surface area contributed by atoms with Crippen molar-refractivity contribution in [2.24, 2.45) is 0 Å². The highest BCUT2D eigenvalue weighted by atomic mass is 35.5. The fourth-order valence-electron chi connectivity index (χ4n) is 1.40. The van der Waals surface area contributed by atoms with Gasteiger partial charge in [-0.15, -0.1) is 0 Å². The molecule has 0 aliphatic rings. The second-order valence-electron chi connectivity index (χ2n) is 3.99. The lowest BCUT2D eigenvalue weighted by atomic mass is 10.2. The molecule has 0 N–H and O–H groups in total. The van der Waals surface area contributed by atoms with Crippen molar-refractivity contribution < 1.29 is 23.5 Å². The molecule has 2 aromatic carbocycles. The predicted octanol–water partition coefficient (Wildman–Crippen LogP) is 6.52. The highest BCUT2D eigenvalue weighted by Crippen LogP contribution is 2.24. The van der Waals surface area contributed by atoms with Crippen LogP contribution in [-0.2, 0) is 4.74 Å². The molecule has 9 heteroatoms. The van der Waals surface area contributed by atoms with Gasteiger partial charge in [-0.2, -0.15) is 0 Å². The molecule has 2 rings (SSSR count). The summed E-state index contributed by atoms with van der Waals surface area (Å²) in [6, 6.07) is 12.0. The van der Waals surface area contributed by atoms with Crippen molar-refractivity contribution >= 4 is 57.3 Å². The van der Waals surface area contributed by atoms with E-state index in [1.807, 2.05) is 0 Å². The van der Waals surface area contributed by atoms with Crippen LogP contribution in [0.4, 0.5) is 14.0 Å². The molecule has 0 saturated carbocycles. The molecule has 0 saturated heterocycles. The first-order chi connectivity index (χ1) is 11.3. The van der Waals surface area contributed by atoms with Gasteiger partial charge in [0.25, 0.3) is 0 Å². The van der Waals surface area contributed by atoms with Crippen LogP contribution in [0, 0.1) is 5.82 Å². The van der Waals surface area contributed by atoms with E-state index in [9.17, 15) is 14.0 Å². The van der Waals surface area contributed by atoms with Crippen molar-refractivity contribution in [2.75, 3.05) is 0 Å². The molecule has 2 aromatic rings. The zero-order valence-corrected chi connectivity index (χ0v) is 14.7. The summed E-state index contributed by atoms with van der Waals surface area (Å²) >= 11 is 21.0. The Morgan fingerprint density at radius 2 is 1.54 bits per heavy atom. The molecular weight excluding hydrogens is 405 g/mol. The van der Waals surface area contributed by atoms with Crippen LogP contribution in [0.3, 0.4) is 0 Å². The Kier molecular flexibility index (Phi) is 8.85. The molecular formula is C15H9Cl4FO4. The van der Waals surface area contributed by atoms with E-state index >= 15 is 0 Å². The van der Waals surface area contributed by atoms with E-state index in [0.717, 1.165) is 0 Å². The highest BCUT2D eigenvalue weighted by Gasteiger charge is 2.15. The molecule has 0 heterocycles. The van der Waals surface area contributed by atoms with Crippen molar-refractivity contribution in [3.8, 4) is 5.75 Å². The van der Waals surface area contributed by atoms with E-state index in [-0.39, 0.29) is 5.56 Å². The topological polar surface area (TPSA) is 52.6 Å². The predicted molar refractivity (Wildman–Crippen MR) is 90.7 cm³/mol. The molecule has 24 heavy (non-hydrogen) atoms. The third-order valence-corrected chi connectivity index (χ3v) is 3.10. The molecule has 4 nitrogen and oxygen atoms in total. The van der Waals surface area contributed by atoms with Crippen LogP contribution in [0.2, 0.25) is 5.02 Å². The Hall–Kier alpha value is -1.53. The average Bonchev–Trinajstić information content (AvgIpc) is 2.49. The minimum Gasteiger partial charge on any atom is -0.429 e. The molecule has 0 fully saturated rings. The smallest absolute Gasteiger partial charge is 0.409 e. The summed E-state index contributed by atoms with van der Waals surface area (Å²) in [5, 5.41) is 0.583. The van der Waals surface area contributed by atoms with Crippen molar-refractivity contribution in [1.82, 2.24) is 0 Å². The molecule has 0 aromatic heterocycles. The number of carbonyl (C=O) groups excluding carboxylic acids is 2. The maximum Gasteiger partial charge on any atom is 0.409 e. The van der Waals surface area contributed by atoms with Gasteiger partial charge >= 0.3 is 10.9 Å². The van der Waals surface area contributed by atoms with Crippen LogP contribution < -0.4 is 4.74 Å². The number of hydrogen-bond acceptors (Lipinski definition) is 4. The van der Waals surface area contributed by atoms with Crippen molar-refractivity contribution in [3.05, 3.63) is 64.9 Å². The van der Waals surface area contributed by atoms with Crippen LogP contribution in [0.5, 0.6) is 5.75 Å². The fraction of sp³-hybridized carbons (Fsp3) is 0.0667. The molecule has 0 radical (unpaired) electrons. The van der Waals surface area contributed by atoms with E-state index in [4.69, 9.17) is 46.4 Å². The Bertz CT molecular complexity index is 694. The van der Waals surface area contributed by atoms with Gasteiger partial charge in [0.05, 0.1) is 0 Å². The third-order valence-electron chi connectivity index (χ3n) is 2.36. The number of halogens is 5. The average molecular weight is 414 g/mol. The van der Waals surface area contributed by atoms with Crippen LogP contribution in [0.15, 0.2) is 48.5 Å². The van der Waals surface area contributed by atoms with Crippen molar-refractivity contribution in [3.63, 3.8) is 0 Å². The summed E-state index contributed by atoms with van der Waals surface area (Å²) in [4.78, 5) is 20.5. The minimum atomic E-state index is -1.19. The Morgan fingerprint density at radius 3 is 2.04 bits per heavy atom. The summed E-state index contributed by atoms with van der Waals surface area (Å²) in [7, 11) is 0. The van der Waals surface area contributed by atoms with Crippen LogP contribution in [-0.4, -0.2) is 10.9 Å². The van der Waals surface area contributed by atoms with Gasteiger partial charge in [-0.3, -0.25) is 0 Å². The standard InChI is InChI=1S/C8H5Cl2FO2.C7H4Cl2O2/c9-7(13-8(10)12)5-3-1-2-4-6(5)11;8-5-1-3-6(4-2-5)11-7(9)10/h1-4,7H;1-4H. The second kappa shape index (κ2) is 10.4. The monoisotopic (exact) mass is 412 g/mol. The van der Waals surface area contributed by atoms with Gasteiger partial charge in [0.2, 0.25) is 5.56 Å². The van der Waals surface area contributed by atoms with Crippen LogP contribution in [0.1, 0.15) is 11.1 Å². The van der Waals surface area contributed by atoms with Gasteiger partial charge in [-0.1, -0.05) is 41.4 Å². The normalized spacial score (nSPS) is 10.9. The molecule has 0 aliphatic carbocycles. The summed E-state index contributed by atoms with van der Waals surface area (Å²) in [6.45, 7) is 0. The Balaban J connectivity index is 0.000000243. The number of rotatable bonds is 3. The largest absolute Gasteiger partial charge is 0.429 e. The lowest BCUT2D eigenvalue weighted by Crippen LogP contribution is -2.01. The first-order valence-corrected chi connectivity index (χ1v) is 7.74. The van der Waals surface area contributed by atoms with E-state index in [2.05, 4.69) is 9.47 Å². The molecule has 0 spiro atoms. The van der Waals surface area contributed by atoms with Crippen LogP contribution >= 0.6 is 46.4 Å². The van der Waals surface area contributed by atoms with Gasteiger partial charge in [0, 0.05) is 33.8 Å². The van der Waals surface area contributed by atoms with E-state index in [1.54, 1.807) is 30.3 Å². The molecule has 128 valence electrons. The van der Waals surface area contributed by atoms with Crippen LogP contribution in [0.25, 0.3) is 0 Å². The zero-order chi connectivity index (χ0) is 18.1. The van der Waals surface area contributed by atoms with E-state index < -0.39 is 22.2 Å². The number of hydrogen-bond donors (Lipinski definition) is 0. The van der Waals surface area contributed by atoms with Gasteiger partial charge in [-0.25, -0.2) is 14.0 Å². The molecule has 0 bridgehead atoms. The van der Waals surface area contributed by atoms with E-state index in [1.165, 1.54) is 18.2 Å². The number of alkyl halides is 1. The molecule has 0 aliphatic heterocycles. The van der Waals surface area contributed by atoms with Gasteiger partial charge in [0.15, 0.2) is 0 Å². The maximum absolute atomic E-state index is 13.0. The third kappa shape index (κ3) is 7.84.